The number of carbonyl (C=O) groups is 1. The molecule has 0 saturated carbocycles. The maximum Gasteiger partial charge on any atom is 0.222 e. The summed E-state index contributed by atoms with van der Waals surface area (Å²) in [5, 5.41) is 1.05. The van der Waals surface area contributed by atoms with Crippen LogP contribution in [0.1, 0.15) is 18.9 Å². The summed E-state index contributed by atoms with van der Waals surface area (Å²) in [7, 11) is 0. The summed E-state index contributed by atoms with van der Waals surface area (Å²) >= 11 is 0. The predicted molar refractivity (Wildman–Crippen MR) is 128 cm³/mol. The van der Waals surface area contributed by atoms with Crippen LogP contribution in [-0.2, 0) is 4.79 Å². The number of rotatable bonds is 4. The zero-order valence-corrected chi connectivity index (χ0v) is 18.5. The Balaban J connectivity index is 1.63. The molecule has 162 valence electrons. The van der Waals surface area contributed by atoms with Crippen LogP contribution in [0.5, 0.6) is 0 Å². The van der Waals surface area contributed by atoms with Crippen LogP contribution in [0.2, 0.25) is 0 Å². The second kappa shape index (κ2) is 8.46. The van der Waals surface area contributed by atoms with Crippen LogP contribution >= 0.6 is 0 Å². The molecule has 0 aliphatic carbocycles. The number of aromatic nitrogens is 3. The van der Waals surface area contributed by atoms with E-state index in [9.17, 15) is 4.79 Å². The first-order valence-corrected chi connectivity index (χ1v) is 11.2. The molecule has 6 heteroatoms. The molecule has 0 N–H and O–H groups in total. The Hall–Kier alpha value is -3.67. The zero-order valence-electron chi connectivity index (χ0n) is 18.5. The van der Waals surface area contributed by atoms with E-state index in [0.29, 0.717) is 6.42 Å². The van der Waals surface area contributed by atoms with Crippen LogP contribution in [0.25, 0.3) is 27.8 Å². The van der Waals surface area contributed by atoms with E-state index >= 15 is 0 Å². The molecule has 4 aromatic rings. The van der Waals surface area contributed by atoms with E-state index in [1.54, 1.807) is 6.33 Å². The number of piperazine rings is 1. The first-order chi connectivity index (χ1) is 15.7. The van der Waals surface area contributed by atoms with Gasteiger partial charge in [-0.1, -0.05) is 55.0 Å². The van der Waals surface area contributed by atoms with E-state index in [2.05, 4.69) is 71.1 Å². The standard InChI is InChI=1S/C26H27N5O/c1-3-23(32)29-13-15-30(16-14-29)25-24-22(20-7-5-4-6-8-20)17-31(26(24)28-18-27-25)21-11-9-19(2)10-12-21/h4-12,17-18H,3,13-16H2,1-2H3. The maximum atomic E-state index is 12.1. The van der Waals surface area contributed by atoms with Crippen molar-refractivity contribution < 1.29 is 4.79 Å². The molecule has 1 saturated heterocycles. The number of nitrogens with zero attached hydrogens (tertiary/aromatic N) is 5. The van der Waals surface area contributed by atoms with E-state index in [0.717, 1.165) is 59.8 Å². The van der Waals surface area contributed by atoms with E-state index < -0.39 is 0 Å². The molecule has 0 bridgehead atoms. The third-order valence-corrected chi connectivity index (χ3v) is 6.19. The average Bonchev–Trinajstić information content (AvgIpc) is 3.24. The fraction of sp³-hybridized carbons (Fsp3) is 0.269. The van der Waals surface area contributed by atoms with Crippen LogP contribution in [0, 0.1) is 6.92 Å². The van der Waals surface area contributed by atoms with Crippen LogP contribution in [-0.4, -0.2) is 51.5 Å². The molecular weight excluding hydrogens is 398 g/mol. The second-order valence-electron chi connectivity index (χ2n) is 8.23. The van der Waals surface area contributed by atoms with Crippen molar-refractivity contribution in [3.63, 3.8) is 0 Å². The smallest absolute Gasteiger partial charge is 0.222 e. The van der Waals surface area contributed by atoms with Crippen molar-refractivity contribution in [3.05, 3.63) is 72.7 Å². The third-order valence-electron chi connectivity index (χ3n) is 6.19. The lowest BCUT2D eigenvalue weighted by Gasteiger charge is -2.35. The number of fused-ring (bicyclic) bond motifs is 1. The van der Waals surface area contributed by atoms with E-state index in [1.807, 2.05) is 17.9 Å². The van der Waals surface area contributed by atoms with Gasteiger partial charge in [-0.3, -0.25) is 4.79 Å². The molecule has 3 heterocycles. The molecule has 2 aromatic carbocycles. The van der Waals surface area contributed by atoms with Crippen molar-refractivity contribution in [2.45, 2.75) is 20.3 Å². The molecule has 0 unspecified atom stereocenters. The highest BCUT2D eigenvalue weighted by atomic mass is 16.2. The lowest BCUT2D eigenvalue weighted by atomic mass is 10.1. The lowest BCUT2D eigenvalue weighted by molar-refractivity contribution is -0.131. The summed E-state index contributed by atoms with van der Waals surface area (Å²) < 4.78 is 2.15. The fourth-order valence-corrected chi connectivity index (χ4v) is 4.42. The number of amides is 1. The average molecular weight is 426 g/mol. The highest BCUT2D eigenvalue weighted by Crippen LogP contribution is 2.37. The topological polar surface area (TPSA) is 54.3 Å². The summed E-state index contributed by atoms with van der Waals surface area (Å²) in [6, 6.07) is 18.9. The second-order valence-corrected chi connectivity index (χ2v) is 8.23. The van der Waals surface area contributed by atoms with E-state index in [1.165, 1.54) is 5.56 Å². The minimum absolute atomic E-state index is 0.216. The molecule has 1 fully saturated rings. The maximum absolute atomic E-state index is 12.1. The molecule has 5 rings (SSSR count). The Morgan fingerprint density at radius 3 is 2.34 bits per heavy atom. The fourth-order valence-electron chi connectivity index (χ4n) is 4.42. The van der Waals surface area contributed by atoms with Crippen molar-refractivity contribution in [1.82, 2.24) is 19.4 Å². The summed E-state index contributed by atoms with van der Waals surface area (Å²) in [4.78, 5) is 25.8. The number of hydrogen-bond acceptors (Lipinski definition) is 4. The van der Waals surface area contributed by atoms with Gasteiger partial charge in [0.1, 0.15) is 12.1 Å². The quantitative estimate of drug-likeness (QED) is 0.485. The zero-order chi connectivity index (χ0) is 22.1. The minimum atomic E-state index is 0.216. The Bertz CT molecular complexity index is 1240. The molecular formula is C26H27N5O. The van der Waals surface area contributed by atoms with Crippen LogP contribution < -0.4 is 4.90 Å². The van der Waals surface area contributed by atoms with Gasteiger partial charge in [-0.2, -0.15) is 0 Å². The SMILES string of the molecule is CCC(=O)N1CCN(c2ncnc3c2c(-c2ccccc2)cn3-c2ccc(C)cc2)CC1. The van der Waals surface area contributed by atoms with Crippen molar-refractivity contribution >= 4 is 22.8 Å². The van der Waals surface area contributed by atoms with Gasteiger partial charge in [0, 0.05) is 50.0 Å². The number of carbonyl (C=O) groups excluding carboxylic acids is 1. The largest absolute Gasteiger partial charge is 0.352 e. The van der Waals surface area contributed by atoms with Gasteiger partial charge in [0.05, 0.1) is 5.39 Å². The minimum Gasteiger partial charge on any atom is -0.352 e. The Labute approximate surface area is 188 Å². The molecule has 0 spiro atoms. The summed E-state index contributed by atoms with van der Waals surface area (Å²) in [5.41, 5.74) is 5.45. The highest BCUT2D eigenvalue weighted by molar-refractivity contribution is 6.02. The molecule has 1 aliphatic heterocycles. The van der Waals surface area contributed by atoms with Crippen LogP contribution in [0.3, 0.4) is 0 Å². The molecule has 0 radical (unpaired) electrons. The van der Waals surface area contributed by atoms with Crippen molar-refractivity contribution in [2.24, 2.45) is 0 Å². The van der Waals surface area contributed by atoms with Gasteiger partial charge in [-0.15, -0.1) is 0 Å². The van der Waals surface area contributed by atoms with E-state index in [4.69, 9.17) is 9.97 Å². The molecule has 6 nitrogen and oxygen atoms in total. The third kappa shape index (κ3) is 3.62. The van der Waals surface area contributed by atoms with Gasteiger partial charge in [0.2, 0.25) is 5.91 Å². The van der Waals surface area contributed by atoms with Crippen molar-refractivity contribution in [2.75, 3.05) is 31.1 Å². The molecule has 1 amide bonds. The van der Waals surface area contributed by atoms with Crippen molar-refractivity contribution in [1.29, 1.82) is 0 Å². The van der Waals surface area contributed by atoms with Gasteiger partial charge >= 0.3 is 0 Å². The summed E-state index contributed by atoms with van der Waals surface area (Å²) in [5.74, 6) is 1.15. The highest BCUT2D eigenvalue weighted by Gasteiger charge is 2.25. The van der Waals surface area contributed by atoms with Crippen LogP contribution in [0.4, 0.5) is 5.82 Å². The predicted octanol–water partition coefficient (Wildman–Crippen LogP) is 4.45. The Kier molecular flexibility index (Phi) is 5.35. The Morgan fingerprint density at radius 2 is 1.66 bits per heavy atom. The van der Waals surface area contributed by atoms with Gasteiger partial charge in [0.25, 0.3) is 0 Å². The molecule has 0 atom stereocenters. The van der Waals surface area contributed by atoms with Crippen LogP contribution in [0.15, 0.2) is 67.1 Å². The number of benzene rings is 2. The van der Waals surface area contributed by atoms with Gasteiger partial charge in [-0.05, 0) is 24.6 Å². The van der Waals surface area contributed by atoms with Crippen molar-refractivity contribution in [3.8, 4) is 16.8 Å². The normalized spacial score (nSPS) is 14.2. The van der Waals surface area contributed by atoms with E-state index in [-0.39, 0.29) is 5.91 Å². The monoisotopic (exact) mass is 425 g/mol. The number of aryl methyl sites for hydroxylation is 1. The Morgan fingerprint density at radius 1 is 0.938 bits per heavy atom. The van der Waals surface area contributed by atoms with Gasteiger partial charge in [0.15, 0.2) is 5.65 Å². The lowest BCUT2D eigenvalue weighted by Crippen LogP contribution is -2.48. The first-order valence-electron chi connectivity index (χ1n) is 11.2. The summed E-state index contributed by atoms with van der Waals surface area (Å²) in [6.07, 6.45) is 4.37. The molecule has 32 heavy (non-hydrogen) atoms. The molecule has 1 aliphatic rings. The summed E-state index contributed by atoms with van der Waals surface area (Å²) in [6.45, 7) is 6.98. The number of anilines is 1. The van der Waals surface area contributed by atoms with Gasteiger partial charge < -0.3 is 14.4 Å². The number of hydrogen-bond donors (Lipinski definition) is 0. The van der Waals surface area contributed by atoms with Gasteiger partial charge in [-0.25, -0.2) is 9.97 Å². The first kappa shape index (κ1) is 20.2. The molecule has 2 aromatic heterocycles.